The highest BCUT2D eigenvalue weighted by Crippen LogP contribution is 2.31. The number of thioether (sulfide) groups is 1. The summed E-state index contributed by atoms with van der Waals surface area (Å²) in [5, 5.41) is 12.6. The van der Waals surface area contributed by atoms with Gasteiger partial charge in [-0.1, -0.05) is 53.2 Å². The molecule has 0 bridgehead atoms. The van der Waals surface area contributed by atoms with Crippen LogP contribution in [0.4, 0.5) is 5.69 Å². The number of anilines is 1. The van der Waals surface area contributed by atoms with Crippen molar-refractivity contribution in [2.45, 2.75) is 25.1 Å². The van der Waals surface area contributed by atoms with Gasteiger partial charge in [-0.15, -0.1) is 10.2 Å². The average Bonchev–Trinajstić information content (AvgIpc) is 3.32. The van der Waals surface area contributed by atoms with E-state index in [2.05, 4.69) is 15.5 Å². The fourth-order valence-electron chi connectivity index (χ4n) is 3.63. The maximum atomic E-state index is 13.0. The minimum atomic E-state index is -0.468. The van der Waals surface area contributed by atoms with Crippen molar-refractivity contribution in [2.75, 3.05) is 11.1 Å². The van der Waals surface area contributed by atoms with E-state index in [1.54, 1.807) is 48.5 Å². The SMILES string of the molecule is Cc1c(NC(=O)CSc2nnc(C(C)Oc3cc(Cl)ccc3Cl)n2C)c(=O)n(-c2ccccc2)n1C. The van der Waals surface area contributed by atoms with Crippen molar-refractivity contribution in [2.24, 2.45) is 14.1 Å². The molecule has 0 spiro atoms. The van der Waals surface area contributed by atoms with Gasteiger partial charge in [0.25, 0.3) is 5.56 Å². The number of nitrogens with zero attached hydrogens (tertiary/aromatic N) is 5. The van der Waals surface area contributed by atoms with Crippen molar-refractivity contribution in [1.29, 1.82) is 0 Å². The lowest BCUT2D eigenvalue weighted by atomic mass is 10.3. The van der Waals surface area contributed by atoms with Gasteiger partial charge in [-0.25, -0.2) is 4.68 Å². The van der Waals surface area contributed by atoms with E-state index < -0.39 is 6.10 Å². The molecule has 2 aromatic carbocycles. The Bertz CT molecular complexity index is 1460. The smallest absolute Gasteiger partial charge is 0.295 e. The van der Waals surface area contributed by atoms with Gasteiger partial charge in [0.15, 0.2) is 17.1 Å². The van der Waals surface area contributed by atoms with Crippen LogP contribution in [0, 0.1) is 6.92 Å². The Morgan fingerprint density at radius 3 is 2.58 bits per heavy atom. The van der Waals surface area contributed by atoms with Crippen LogP contribution in [0.5, 0.6) is 5.75 Å². The lowest BCUT2D eigenvalue weighted by Gasteiger charge is -2.15. The summed E-state index contributed by atoms with van der Waals surface area (Å²) in [7, 11) is 3.56. The summed E-state index contributed by atoms with van der Waals surface area (Å²) >= 11 is 13.4. The van der Waals surface area contributed by atoms with Gasteiger partial charge in [-0.3, -0.25) is 14.3 Å². The molecule has 0 saturated heterocycles. The first kappa shape index (κ1) is 25.9. The molecule has 1 unspecified atom stereocenters. The summed E-state index contributed by atoms with van der Waals surface area (Å²) in [6, 6.07) is 14.2. The monoisotopic (exact) mass is 546 g/mol. The molecule has 0 fully saturated rings. The van der Waals surface area contributed by atoms with Crippen molar-refractivity contribution in [3.8, 4) is 11.4 Å². The van der Waals surface area contributed by atoms with E-state index in [-0.39, 0.29) is 22.9 Å². The Morgan fingerprint density at radius 2 is 1.86 bits per heavy atom. The van der Waals surface area contributed by atoms with Gasteiger partial charge >= 0.3 is 0 Å². The molecule has 2 heterocycles. The quantitative estimate of drug-likeness (QED) is 0.319. The fourth-order valence-corrected chi connectivity index (χ4v) is 4.68. The van der Waals surface area contributed by atoms with Crippen molar-refractivity contribution < 1.29 is 9.53 Å². The zero-order valence-corrected chi connectivity index (χ0v) is 22.4. The number of carbonyl (C=O) groups excluding carboxylic acids is 1. The van der Waals surface area contributed by atoms with Crippen LogP contribution in [0.3, 0.4) is 0 Å². The van der Waals surface area contributed by atoms with Gasteiger partial charge in [0.2, 0.25) is 5.91 Å². The molecule has 1 amide bonds. The van der Waals surface area contributed by atoms with Crippen LogP contribution in [0.2, 0.25) is 10.0 Å². The van der Waals surface area contributed by atoms with E-state index in [1.165, 1.54) is 16.4 Å². The first-order valence-corrected chi connectivity index (χ1v) is 12.7. The molecule has 0 aliphatic rings. The van der Waals surface area contributed by atoms with Gasteiger partial charge < -0.3 is 14.6 Å². The molecule has 2 aromatic heterocycles. The van der Waals surface area contributed by atoms with Crippen molar-refractivity contribution in [1.82, 2.24) is 24.1 Å². The number of benzene rings is 2. The van der Waals surface area contributed by atoms with Crippen LogP contribution in [0.15, 0.2) is 58.5 Å². The second-order valence-electron chi connectivity index (χ2n) is 8.01. The molecule has 0 saturated carbocycles. The third kappa shape index (κ3) is 5.30. The summed E-state index contributed by atoms with van der Waals surface area (Å²) in [5.74, 6) is 0.706. The predicted molar refractivity (Wildman–Crippen MR) is 142 cm³/mol. The normalized spacial score (nSPS) is 11.9. The minimum absolute atomic E-state index is 0.0421. The van der Waals surface area contributed by atoms with E-state index in [1.807, 2.05) is 37.3 Å². The molecule has 1 N–H and O–H groups in total. The van der Waals surface area contributed by atoms with Crippen LogP contribution in [0.25, 0.3) is 5.69 Å². The molecular weight excluding hydrogens is 523 g/mol. The van der Waals surface area contributed by atoms with Crippen LogP contribution in [0.1, 0.15) is 24.5 Å². The summed E-state index contributed by atoms with van der Waals surface area (Å²) in [5.41, 5.74) is 1.30. The zero-order valence-electron chi connectivity index (χ0n) is 20.0. The fraction of sp³-hybridized carbons (Fsp3) is 0.250. The molecule has 1 atom stereocenters. The Kier molecular flexibility index (Phi) is 7.77. The molecule has 188 valence electrons. The predicted octanol–water partition coefficient (Wildman–Crippen LogP) is 4.79. The van der Waals surface area contributed by atoms with Gasteiger partial charge in [0, 0.05) is 25.2 Å². The average molecular weight is 547 g/mol. The molecule has 0 aliphatic heterocycles. The molecule has 0 aliphatic carbocycles. The molecule has 36 heavy (non-hydrogen) atoms. The first-order chi connectivity index (χ1) is 17.2. The van der Waals surface area contributed by atoms with E-state index in [0.29, 0.717) is 38.2 Å². The maximum Gasteiger partial charge on any atom is 0.295 e. The molecule has 4 aromatic rings. The van der Waals surface area contributed by atoms with Crippen LogP contribution in [-0.4, -0.2) is 35.8 Å². The van der Waals surface area contributed by atoms with Crippen LogP contribution >= 0.6 is 35.0 Å². The van der Waals surface area contributed by atoms with Gasteiger partial charge in [-0.05, 0) is 38.1 Å². The second-order valence-corrected chi connectivity index (χ2v) is 9.79. The highest BCUT2D eigenvalue weighted by Gasteiger charge is 2.21. The second kappa shape index (κ2) is 10.8. The Balaban J connectivity index is 1.43. The topological polar surface area (TPSA) is 96.0 Å². The molecular formula is C24H24Cl2N6O3S. The van der Waals surface area contributed by atoms with E-state index in [4.69, 9.17) is 27.9 Å². The van der Waals surface area contributed by atoms with Gasteiger partial charge in [-0.2, -0.15) is 0 Å². The van der Waals surface area contributed by atoms with Crippen LogP contribution < -0.4 is 15.6 Å². The lowest BCUT2D eigenvalue weighted by molar-refractivity contribution is -0.113. The number of halogens is 2. The van der Waals surface area contributed by atoms with E-state index in [0.717, 1.165) is 0 Å². The van der Waals surface area contributed by atoms with Gasteiger partial charge in [0.05, 0.1) is 22.2 Å². The Morgan fingerprint density at radius 1 is 1.14 bits per heavy atom. The number of carbonyl (C=O) groups is 1. The Hall–Kier alpha value is -3.21. The standard InChI is InChI=1S/C24H24Cl2N6O3S/c1-14-21(23(34)32(31(14)4)17-8-6-5-7-9-17)27-20(33)13-36-24-29-28-22(30(24)3)15(2)35-19-12-16(25)10-11-18(19)26/h5-12,15H,13H2,1-4H3,(H,27,33). The Labute approximate surface area is 222 Å². The van der Waals surface area contributed by atoms with Crippen molar-refractivity contribution in [3.63, 3.8) is 0 Å². The number of hydrogen-bond donors (Lipinski definition) is 1. The highest BCUT2D eigenvalue weighted by atomic mass is 35.5. The van der Waals surface area contributed by atoms with E-state index >= 15 is 0 Å². The lowest BCUT2D eigenvalue weighted by Crippen LogP contribution is -2.23. The number of hydrogen-bond acceptors (Lipinski definition) is 6. The van der Waals surface area contributed by atoms with Crippen molar-refractivity contribution >= 4 is 46.6 Å². The number of rotatable bonds is 8. The summed E-state index contributed by atoms with van der Waals surface area (Å²) in [6.07, 6.45) is -0.468. The maximum absolute atomic E-state index is 13.0. The first-order valence-electron chi connectivity index (χ1n) is 10.9. The number of ether oxygens (including phenoxy) is 1. The largest absolute Gasteiger partial charge is 0.481 e. The number of nitrogens with one attached hydrogen (secondary N) is 1. The number of amides is 1. The van der Waals surface area contributed by atoms with Gasteiger partial charge in [0.1, 0.15) is 11.4 Å². The number of aromatic nitrogens is 5. The third-order valence-corrected chi connectivity index (χ3v) is 7.15. The third-order valence-electron chi connectivity index (χ3n) is 5.58. The molecule has 4 rings (SSSR count). The van der Waals surface area contributed by atoms with Crippen LogP contribution in [-0.2, 0) is 18.9 Å². The molecule has 9 nitrogen and oxygen atoms in total. The minimum Gasteiger partial charge on any atom is -0.481 e. The molecule has 0 radical (unpaired) electrons. The summed E-state index contributed by atoms with van der Waals surface area (Å²) in [4.78, 5) is 25.7. The zero-order chi connectivity index (χ0) is 26.0. The van der Waals surface area contributed by atoms with E-state index in [9.17, 15) is 9.59 Å². The number of para-hydroxylation sites is 1. The summed E-state index contributed by atoms with van der Waals surface area (Å²) in [6.45, 7) is 3.60. The highest BCUT2D eigenvalue weighted by molar-refractivity contribution is 7.99. The molecule has 12 heteroatoms. The summed E-state index contributed by atoms with van der Waals surface area (Å²) < 4.78 is 10.9. The van der Waals surface area contributed by atoms with Crippen molar-refractivity contribution in [3.05, 3.63) is 80.4 Å².